The number of nitrogens with zero attached hydrogens (tertiary/aromatic N) is 4. The smallest absolute Gasteiger partial charge is 0.160 e. The highest BCUT2D eigenvalue weighted by atomic mass is 15.1. The molecule has 0 fully saturated rings. The Morgan fingerprint density at radius 3 is 2.83 bits per heavy atom. The van der Waals surface area contributed by atoms with Crippen LogP contribution in [0.1, 0.15) is 18.7 Å². The highest BCUT2D eigenvalue weighted by Crippen LogP contribution is 2.24. The van der Waals surface area contributed by atoms with Crippen molar-refractivity contribution in [1.29, 1.82) is 0 Å². The van der Waals surface area contributed by atoms with Gasteiger partial charge in [-0.2, -0.15) is 0 Å². The Morgan fingerprint density at radius 1 is 1.13 bits per heavy atom. The van der Waals surface area contributed by atoms with Crippen LogP contribution in [0.25, 0.3) is 22.4 Å². The number of aryl methyl sites for hydroxylation is 1. The molecule has 5 nitrogen and oxygen atoms in total. The Hall–Kier alpha value is -2.82. The fourth-order valence-corrected chi connectivity index (χ4v) is 3.11. The number of imidazole rings is 2. The minimum absolute atomic E-state index is 0.277. The number of H-pyrrole nitrogens is 1. The van der Waals surface area contributed by atoms with E-state index in [9.17, 15) is 0 Å². The lowest BCUT2D eigenvalue weighted by atomic mass is 10.2. The summed E-state index contributed by atoms with van der Waals surface area (Å²) in [5.41, 5.74) is 3.22. The van der Waals surface area contributed by atoms with Crippen molar-refractivity contribution in [3.63, 3.8) is 0 Å². The predicted octanol–water partition coefficient (Wildman–Crippen LogP) is 3.80. The molecule has 23 heavy (non-hydrogen) atoms. The standard InChI is InChI=1S/C18H19N5/c1-13(11-22-9-7-15-5-3-4-6-16(15)22)23-10-8-19-18(23)17-14(2)20-12-21-17/h3-10,12-13H,11H2,1-2H3,(H,20,21)/t13-/m1/s1. The molecule has 1 aromatic carbocycles. The van der Waals surface area contributed by atoms with Crippen LogP contribution in [-0.2, 0) is 6.54 Å². The monoisotopic (exact) mass is 305 g/mol. The van der Waals surface area contributed by atoms with Crippen LogP contribution in [0.5, 0.6) is 0 Å². The summed E-state index contributed by atoms with van der Waals surface area (Å²) in [7, 11) is 0. The summed E-state index contributed by atoms with van der Waals surface area (Å²) in [5, 5.41) is 1.27. The highest BCUT2D eigenvalue weighted by molar-refractivity contribution is 5.79. The number of aromatic amines is 1. The predicted molar refractivity (Wildman–Crippen MR) is 91.2 cm³/mol. The normalized spacial score (nSPS) is 12.8. The zero-order valence-electron chi connectivity index (χ0n) is 13.3. The minimum Gasteiger partial charge on any atom is -0.348 e. The Bertz CT molecular complexity index is 943. The van der Waals surface area contributed by atoms with Crippen molar-refractivity contribution < 1.29 is 0 Å². The van der Waals surface area contributed by atoms with Crippen molar-refractivity contribution in [3.05, 3.63) is 60.9 Å². The molecule has 116 valence electrons. The molecule has 1 atom stereocenters. The van der Waals surface area contributed by atoms with Crippen molar-refractivity contribution in [3.8, 4) is 11.5 Å². The maximum atomic E-state index is 4.50. The molecular formula is C18H19N5. The van der Waals surface area contributed by atoms with Crippen LogP contribution in [-0.4, -0.2) is 24.1 Å². The first kappa shape index (κ1) is 13.8. The van der Waals surface area contributed by atoms with E-state index in [1.165, 1.54) is 10.9 Å². The van der Waals surface area contributed by atoms with Gasteiger partial charge in [-0.05, 0) is 31.4 Å². The molecule has 4 rings (SSSR count). The van der Waals surface area contributed by atoms with Crippen LogP contribution in [0.2, 0.25) is 0 Å². The third kappa shape index (κ3) is 2.34. The molecule has 0 saturated heterocycles. The summed E-state index contributed by atoms with van der Waals surface area (Å²) in [5.74, 6) is 0.910. The van der Waals surface area contributed by atoms with Crippen LogP contribution in [0.4, 0.5) is 0 Å². The van der Waals surface area contributed by atoms with E-state index in [1.807, 2.05) is 19.3 Å². The lowest BCUT2D eigenvalue weighted by Gasteiger charge is -2.17. The second kappa shape index (κ2) is 5.43. The third-order valence-electron chi connectivity index (χ3n) is 4.33. The number of nitrogens with one attached hydrogen (secondary N) is 1. The first-order valence-corrected chi connectivity index (χ1v) is 7.81. The molecule has 0 bridgehead atoms. The van der Waals surface area contributed by atoms with E-state index in [2.05, 4.69) is 67.5 Å². The quantitative estimate of drug-likeness (QED) is 0.623. The molecule has 1 N–H and O–H groups in total. The van der Waals surface area contributed by atoms with Gasteiger partial charge in [-0.1, -0.05) is 18.2 Å². The molecular weight excluding hydrogens is 286 g/mol. The minimum atomic E-state index is 0.277. The molecule has 3 aromatic heterocycles. The van der Waals surface area contributed by atoms with Crippen LogP contribution in [0.15, 0.2) is 55.2 Å². The summed E-state index contributed by atoms with van der Waals surface area (Å²) in [4.78, 5) is 12.0. The number of fused-ring (bicyclic) bond motifs is 1. The van der Waals surface area contributed by atoms with Gasteiger partial charge in [-0.3, -0.25) is 0 Å². The molecule has 0 aliphatic heterocycles. The Balaban J connectivity index is 1.67. The van der Waals surface area contributed by atoms with E-state index in [1.54, 1.807) is 6.33 Å². The van der Waals surface area contributed by atoms with Crippen molar-refractivity contribution in [2.24, 2.45) is 0 Å². The zero-order valence-corrected chi connectivity index (χ0v) is 13.3. The van der Waals surface area contributed by atoms with Gasteiger partial charge in [-0.25, -0.2) is 9.97 Å². The van der Waals surface area contributed by atoms with Gasteiger partial charge in [0.1, 0.15) is 5.69 Å². The van der Waals surface area contributed by atoms with Gasteiger partial charge in [0.15, 0.2) is 5.82 Å². The van der Waals surface area contributed by atoms with Gasteiger partial charge < -0.3 is 14.1 Å². The lowest BCUT2D eigenvalue weighted by molar-refractivity contribution is 0.476. The van der Waals surface area contributed by atoms with Crippen LogP contribution >= 0.6 is 0 Å². The molecule has 0 aliphatic carbocycles. The molecule has 0 unspecified atom stereocenters. The molecule has 4 aromatic rings. The van der Waals surface area contributed by atoms with E-state index >= 15 is 0 Å². The van der Waals surface area contributed by atoms with Gasteiger partial charge in [0.05, 0.1) is 12.4 Å². The number of aromatic nitrogens is 5. The fraction of sp³-hybridized carbons (Fsp3) is 0.222. The summed E-state index contributed by atoms with van der Waals surface area (Å²) >= 11 is 0. The first-order chi connectivity index (χ1) is 11.2. The lowest BCUT2D eigenvalue weighted by Crippen LogP contribution is -2.13. The number of rotatable bonds is 4. The number of benzene rings is 1. The molecule has 0 aliphatic rings. The Labute approximate surface area is 134 Å². The van der Waals surface area contributed by atoms with Gasteiger partial charge >= 0.3 is 0 Å². The van der Waals surface area contributed by atoms with E-state index < -0.39 is 0 Å². The van der Waals surface area contributed by atoms with Crippen LogP contribution in [0, 0.1) is 6.92 Å². The Morgan fingerprint density at radius 2 is 2.00 bits per heavy atom. The molecule has 0 spiro atoms. The van der Waals surface area contributed by atoms with E-state index in [-0.39, 0.29) is 6.04 Å². The van der Waals surface area contributed by atoms with Gasteiger partial charge in [-0.15, -0.1) is 0 Å². The van der Waals surface area contributed by atoms with E-state index in [4.69, 9.17) is 0 Å². The second-order valence-corrected chi connectivity index (χ2v) is 5.91. The van der Waals surface area contributed by atoms with Gasteiger partial charge in [0.25, 0.3) is 0 Å². The fourth-order valence-electron chi connectivity index (χ4n) is 3.11. The molecule has 3 heterocycles. The highest BCUT2D eigenvalue weighted by Gasteiger charge is 2.16. The zero-order chi connectivity index (χ0) is 15.8. The second-order valence-electron chi connectivity index (χ2n) is 5.91. The summed E-state index contributed by atoms with van der Waals surface area (Å²) in [6, 6.07) is 10.9. The third-order valence-corrected chi connectivity index (χ3v) is 4.33. The van der Waals surface area contributed by atoms with Crippen molar-refractivity contribution in [2.45, 2.75) is 26.4 Å². The molecule has 0 radical (unpaired) electrons. The number of hydrogen-bond acceptors (Lipinski definition) is 2. The van der Waals surface area contributed by atoms with Gasteiger partial charge in [0, 0.05) is 36.3 Å². The van der Waals surface area contributed by atoms with E-state index in [0.29, 0.717) is 0 Å². The van der Waals surface area contributed by atoms with Crippen molar-refractivity contribution in [2.75, 3.05) is 0 Å². The van der Waals surface area contributed by atoms with Crippen molar-refractivity contribution in [1.82, 2.24) is 24.1 Å². The molecule has 0 amide bonds. The topological polar surface area (TPSA) is 51.4 Å². The SMILES string of the molecule is Cc1[nH]cnc1-c1nccn1[C@H](C)Cn1ccc2ccccc21. The first-order valence-electron chi connectivity index (χ1n) is 7.81. The number of para-hydroxylation sites is 1. The maximum Gasteiger partial charge on any atom is 0.160 e. The van der Waals surface area contributed by atoms with Gasteiger partial charge in [0.2, 0.25) is 0 Å². The van der Waals surface area contributed by atoms with Crippen LogP contribution in [0.3, 0.4) is 0 Å². The summed E-state index contributed by atoms with van der Waals surface area (Å²) in [6.45, 7) is 5.12. The average molecular weight is 305 g/mol. The van der Waals surface area contributed by atoms with E-state index in [0.717, 1.165) is 23.8 Å². The molecule has 0 saturated carbocycles. The maximum absolute atomic E-state index is 4.50. The number of hydrogen-bond donors (Lipinski definition) is 1. The Kier molecular flexibility index (Phi) is 3.26. The van der Waals surface area contributed by atoms with Crippen LogP contribution < -0.4 is 0 Å². The van der Waals surface area contributed by atoms with Crippen molar-refractivity contribution >= 4 is 10.9 Å². The summed E-state index contributed by atoms with van der Waals surface area (Å²) in [6.07, 6.45) is 7.74. The largest absolute Gasteiger partial charge is 0.348 e. The summed E-state index contributed by atoms with van der Waals surface area (Å²) < 4.78 is 4.49. The average Bonchev–Trinajstić information content (AvgIpc) is 3.27. The molecule has 5 heteroatoms.